The molecule has 6 nitrogen and oxygen atoms in total. The Morgan fingerprint density at radius 2 is 1.67 bits per heavy atom. The van der Waals surface area contributed by atoms with Crippen LogP contribution in [0.15, 0.2) is 24.3 Å². The molecule has 0 aliphatic rings. The van der Waals surface area contributed by atoms with E-state index in [1.165, 1.54) is 21.3 Å². The summed E-state index contributed by atoms with van der Waals surface area (Å²) in [6.45, 7) is 0. The van der Waals surface area contributed by atoms with Crippen LogP contribution in [0.3, 0.4) is 0 Å². The van der Waals surface area contributed by atoms with Crippen molar-refractivity contribution in [1.29, 1.82) is 0 Å². The molecule has 1 amide bonds. The van der Waals surface area contributed by atoms with Crippen molar-refractivity contribution in [3.8, 4) is 17.2 Å². The van der Waals surface area contributed by atoms with Crippen molar-refractivity contribution in [2.45, 2.75) is 6.42 Å². The van der Waals surface area contributed by atoms with Gasteiger partial charge in [-0.25, -0.2) is 13.8 Å². The zero-order valence-electron chi connectivity index (χ0n) is 14.8. The number of aromatic nitrogens is 1. The third-order valence-corrected chi connectivity index (χ3v) is 4.70. The van der Waals surface area contributed by atoms with Crippen LogP contribution in [-0.4, -0.2) is 32.2 Å². The molecule has 1 aromatic heterocycles. The molecule has 0 spiro atoms. The van der Waals surface area contributed by atoms with Crippen molar-refractivity contribution in [2.24, 2.45) is 0 Å². The monoisotopic (exact) mass is 394 g/mol. The molecule has 9 heteroatoms. The lowest BCUT2D eigenvalue weighted by atomic mass is 10.1. The predicted octanol–water partition coefficient (Wildman–Crippen LogP) is 3.78. The number of halogens is 2. The van der Waals surface area contributed by atoms with E-state index in [2.05, 4.69) is 10.3 Å². The van der Waals surface area contributed by atoms with Crippen LogP contribution >= 0.6 is 11.3 Å². The highest BCUT2D eigenvalue weighted by molar-refractivity contribution is 7.22. The summed E-state index contributed by atoms with van der Waals surface area (Å²) in [6, 6.07) is 5.39. The number of hydrogen-bond donors (Lipinski definition) is 1. The summed E-state index contributed by atoms with van der Waals surface area (Å²) in [5.74, 6) is -0.982. The van der Waals surface area contributed by atoms with Gasteiger partial charge in [-0.05, 0) is 23.8 Å². The van der Waals surface area contributed by atoms with E-state index in [4.69, 9.17) is 14.2 Å². The molecule has 0 bridgehead atoms. The quantitative estimate of drug-likeness (QED) is 0.689. The fourth-order valence-corrected chi connectivity index (χ4v) is 3.45. The summed E-state index contributed by atoms with van der Waals surface area (Å²) >= 11 is 1.06. The van der Waals surface area contributed by atoms with Gasteiger partial charge in [-0.1, -0.05) is 11.3 Å². The molecule has 1 heterocycles. The average molecular weight is 394 g/mol. The lowest BCUT2D eigenvalue weighted by Crippen LogP contribution is -2.14. The van der Waals surface area contributed by atoms with E-state index in [1.807, 2.05) is 0 Å². The van der Waals surface area contributed by atoms with Crippen molar-refractivity contribution in [1.82, 2.24) is 4.98 Å². The summed E-state index contributed by atoms with van der Waals surface area (Å²) in [5.41, 5.74) is 0.919. The van der Waals surface area contributed by atoms with Crippen LogP contribution in [0.25, 0.3) is 10.2 Å². The maximum absolute atomic E-state index is 13.3. The first kappa shape index (κ1) is 18.8. The van der Waals surface area contributed by atoms with E-state index in [9.17, 15) is 13.6 Å². The second-order valence-corrected chi connectivity index (χ2v) is 6.54. The third-order valence-electron chi connectivity index (χ3n) is 3.77. The highest BCUT2D eigenvalue weighted by Crippen LogP contribution is 2.38. The van der Waals surface area contributed by atoms with Crippen LogP contribution in [0.1, 0.15) is 5.56 Å². The number of thiazole rings is 1. The van der Waals surface area contributed by atoms with Gasteiger partial charge in [0.2, 0.25) is 11.7 Å². The Bertz CT molecular complexity index is 942. The van der Waals surface area contributed by atoms with Gasteiger partial charge in [0, 0.05) is 6.07 Å². The van der Waals surface area contributed by atoms with E-state index in [0.29, 0.717) is 27.5 Å². The number of carbonyl (C=O) groups is 1. The first-order valence-electron chi connectivity index (χ1n) is 7.79. The van der Waals surface area contributed by atoms with Gasteiger partial charge in [-0.15, -0.1) is 0 Å². The van der Waals surface area contributed by atoms with Crippen LogP contribution in [0.5, 0.6) is 17.2 Å². The molecule has 3 rings (SSSR count). The predicted molar refractivity (Wildman–Crippen MR) is 98.0 cm³/mol. The largest absolute Gasteiger partial charge is 0.493 e. The van der Waals surface area contributed by atoms with Gasteiger partial charge in [0.15, 0.2) is 28.3 Å². The van der Waals surface area contributed by atoms with Gasteiger partial charge in [0.05, 0.1) is 38.0 Å². The van der Waals surface area contributed by atoms with Gasteiger partial charge < -0.3 is 19.5 Å². The van der Waals surface area contributed by atoms with Crippen LogP contribution in [0.2, 0.25) is 0 Å². The first-order valence-corrected chi connectivity index (χ1v) is 8.61. The third kappa shape index (κ3) is 3.92. The van der Waals surface area contributed by atoms with Crippen LogP contribution < -0.4 is 19.5 Å². The molecule has 27 heavy (non-hydrogen) atoms. The molecule has 0 saturated carbocycles. The number of benzene rings is 2. The molecule has 0 fully saturated rings. The molecule has 0 unspecified atom stereocenters. The van der Waals surface area contributed by atoms with Crippen LogP contribution in [0.4, 0.5) is 13.9 Å². The zero-order valence-corrected chi connectivity index (χ0v) is 15.6. The minimum absolute atomic E-state index is 0.0232. The summed E-state index contributed by atoms with van der Waals surface area (Å²) < 4.78 is 42.8. The molecule has 142 valence electrons. The number of anilines is 1. The Balaban J connectivity index is 1.79. The fraction of sp³-hybridized carbons (Fsp3) is 0.222. The van der Waals surface area contributed by atoms with Crippen molar-refractivity contribution >= 4 is 32.6 Å². The minimum atomic E-state index is -0.983. The summed E-state index contributed by atoms with van der Waals surface area (Å²) in [6.07, 6.45) is 0.0232. The molecule has 0 radical (unpaired) electrons. The van der Waals surface area contributed by atoms with Crippen molar-refractivity contribution in [2.75, 3.05) is 26.6 Å². The number of nitrogens with one attached hydrogen (secondary N) is 1. The first-order chi connectivity index (χ1) is 12.9. The van der Waals surface area contributed by atoms with Gasteiger partial charge in [-0.2, -0.15) is 0 Å². The lowest BCUT2D eigenvalue weighted by molar-refractivity contribution is -0.115. The fourth-order valence-electron chi connectivity index (χ4n) is 2.56. The van der Waals surface area contributed by atoms with E-state index >= 15 is 0 Å². The number of rotatable bonds is 6. The summed E-state index contributed by atoms with van der Waals surface area (Å²) in [5, 5.41) is 2.89. The van der Waals surface area contributed by atoms with Crippen molar-refractivity contribution in [3.63, 3.8) is 0 Å². The number of hydrogen-bond acceptors (Lipinski definition) is 6. The lowest BCUT2D eigenvalue weighted by Gasteiger charge is -2.13. The summed E-state index contributed by atoms with van der Waals surface area (Å²) in [4.78, 5) is 16.4. The molecule has 0 atom stereocenters. The second-order valence-electron chi connectivity index (χ2n) is 5.51. The summed E-state index contributed by atoms with van der Waals surface area (Å²) in [7, 11) is 4.46. The van der Waals surface area contributed by atoms with E-state index in [1.54, 1.807) is 12.1 Å². The highest BCUT2D eigenvalue weighted by Gasteiger charge is 2.16. The molecule has 2 aromatic carbocycles. The molecular formula is C18H16F2N2O4S. The van der Waals surface area contributed by atoms with E-state index in [-0.39, 0.29) is 23.0 Å². The second kappa shape index (κ2) is 7.75. The van der Waals surface area contributed by atoms with Gasteiger partial charge >= 0.3 is 0 Å². The van der Waals surface area contributed by atoms with Crippen LogP contribution in [-0.2, 0) is 11.2 Å². The SMILES string of the molecule is COc1cc(CC(=O)Nc2nc3cc(F)c(F)cc3s2)cc(OC)c1OC. The number of fused-ring (bicyclic) bond motifs is 1. The van der Waals surface area contributed by atoms with Gasteiger partial charge in [0.25, 0.3) is 0 Å². The Morgan fingerprint density at radius 1 is 1.04 bits per heavy atom. The van der Waals surface area contributed by atoms with Gasteiger partial charge in [0.1, 0.15) is 0 Å². The Labute approximate surface area is 157 Å². The van der Waals surface area contributed by atoms with E-state index < -0.39 is 11.6 Å². The van der Waals surface area contributed by atoms with Crippen molar-refractivity contribution < 1.29 is 27.8 Å². The Hall–Kier alpha value is -2.94. The van der Waals surface area contributed by atoms with E-state index in [0.717, 1.165) is 23.5 Å². The molecule has 0 aliphatic heterocycles. The Morgan fingerprint density at radius 3 is 2.26 bits per heavy atom. The number of methoxy groups -OCH3 is 3. The molecule has 0 aliphatic carbocycles. The highest BCUT2D eigenvalue weighted by atomic mass is 32.1. The smallest absolute Gasteiger partial charge is 0.230 e. The van der Waals surface area contributed by atoms with Crippen molar-refractivity contribution in [3.05, 3.63) is 41.5 Å². The van der Waals surface area contributed by atoms with Crippen LogP contribution in [0, 0.1) is 11.6 Å². The molecule has 1 N–H and O–H groups in total. The molecular weight excluding hydrogens is 378 g/mol. The number of amides is 1. The maximum Gasteiger partial charge on any atom is 0.230 e. The minimum Gasteiger partial charge on any atom is -0.493 e. The molecule has 3 aromatic rings. The molecule has 0 saturated heterocycles. The topological polar surface area (TPSA) is 69.7 Å². The average Bonchev–Trinajstić information content (AvgIpc) is 3.01. The zero-order chi connectivity index (χ0) is 19.6. The standard InChI is InChI=1S/C18H16F2N2O4S/c1-24-13-4-9(5-14(25-2)17(13)26-3)6-16(23)22-18-21-12-7-10(19)11(20)8-15(12)27-18/h4-5,7-8H,6H2,1-3H3,(H,21,22,23). The Kier molecular flexibility index (Phi) is 5.41. The number of ether oxygens (including phenoxy) is 3. The normalized spacial score (nSPS) is 10.7. The number of carbonyl (C=O) groups excluding carboxylic acids is 1. The number of nitrogens with zero attached hydrogens (tertiary/aromatic N) is 1. The van der Waals surface area contributed by atoms with Gasteiger partial charge in [-0.3, -0.25) is 4.79 Å². The maximum atomic E-state index is 13.3.